The molecule has 0 saturated carbocycles. The first-order chi connectivity index (χ1) is 7.54. The van der Waals surface area contributed by atoms with Crippen LogP contribution in [-0.2, 0) is 6.54 Å². The molecular formula is C11H15N3S2. The van der Waals surface area contributed by atoms with Crippen LogP contribution in [0.4, 0.5) is 0 Å². The molecule has 0 aromatic carbocycles. The highest BCUT2D eigenvalue weighted by molar-refractivity contribution is 7.20. The summed E-state index contributed by atoms with van der Waals surface area (Å²) in [5.74, 6) is 0. The Bertz CT molecular complexity index is 440. The molecule has 2 heterocycles. The number of nitrogens with zero attached hydrogens (tertiary/aromatic N) is 2. The molecule has 0 unspecified atom stereocenters. The first kappa shape index (κ1) is 11.7. The van der Waals surface area contributed by atoms with Gasteiger partial charge < -0.3 is 5.32 Å². The summed E-state index contributed by atoms with van der Waals surface area (Å²) in [6.45, 7) is 7.23. The van der Waals surface area contributed by atoms with Crippen LogP contribution in [0.3, 0.4) is 0 Å². The maximum absolute atomic E-state index is 4.20. The van der Waals surface area contributed by atoms with Crippen LogP contribution in [-0.4, -0.2) is 15.7 Å². The van der Waals surface area contributed by atoms with Gasteiger partial charge in [0.25, 0.3) is 0 Å². The van der Waals surface area contributed by atoms with Crippen molar-refractivity contribution in [3.63, 3.8) is 0 Å². The van der Waals surface area contributed by atoms with Gasteiger partial charge in [0.05, 0.1) is 11.4 Å². The molecule has 0 aliphatic heterocycles. The van der Waals surface area contributed by atoms with E-state index in [0.29, 0.717) is 0 Å². The van der Waals surface area contributed by atoms with Crippen molar-refractivity contribution in [2.24, 2.45) is 0 Å². The quantitative estimate of drug-likeness (QED) is 0.913. The first-order valence-corrected chi connectivity index (χ1v) is 6.85. The topological polar surface area (TPSA) is 37.8 Å². The first-order valence-electron chi connectivity index (χ1n) is 5.16. The van der Waals surface area contributed by atoms with Crippen molar-refractivity contribution in [3.05, 3.63) is 22.5 Å². The summed E-state index contributed by atoms with van der Waals surface area (Å²) in [6, 6.07) is 4.11. The molecule has 0 atom stereocenters. The number of nitrogens with one attached hydrogen (secondary N) is 1. The Hall–Kier alpha value is -0.780. The molecule has 16 heavy (non-hydrogen) atoms. The second kappa shape index (κ2) is 4.61. The van der Waals surface area contributed by atoms with Gasteiger partial charge in [-0.2, -0.15) is 0 Å². The number of rotatable bonds is 3. The highest BCUT2D eigenvalue weighted by Gasteiger charge is 2.11. The van der Waals surface area contributed by atoms with Crippen LogP contribution < -0.4 is 5.32 Å². The number of hydrogen-bond acceptors (Lipinski definition) is 5. The van der Waals surface area contributed by atoms with Gasteiger partial charge >= 0.3 is 0 Å². The van der Waals surface area contributed by atoms with E-state index in [9.17, 15) is 0 Å². The molecule has 0 spiro atoms. The maximum atomic E-state index is 4.20. The minimum Gasteiger partial charge on any atom is -0.306 e. The maximum Gasteiger partial charge on any atom is 0.157 e. The minimum atomic E-state index is 0.120. The third kappa shape index (κ3) is 3.10. The van der Waals surface area contributed by atoms with E-state index in [4.69, 9.17) is 0 Å². The molecule has 0 fully saturated rings. The molecule has 1 N–H and O–H groups in total. The fourth-order valence-corrected chi connectivity index (χ4v) is 2.74. The van der Waals surface area contributed by atoms with E-state index in [1.807, 2.05) is 6.07 Å². The molecule has 2 aromatic heterocycles. The Morgan fingerprint density at radius 1 is 1.31 bits per heavy atom. The van der Waals surface area contributed by atoms with Crippen molar-refractivity contribution in [2.45, 2.75) is 32.9 Å². The van der Waals surface area contributed by atoms with Gasteiger partial charge in [-0.15, -0.1) is 21.5 Å². The Morgan fingerprint density at radius 2 is 2.12 bits per heavy atom. The van der Waals surface area contributed by atoms with Gasteiger partial charge in [-0.3, -0.25) is 0 Å². The Morgan fingerprint density at radius 3 is 2.75 bits per heavy atom. The van der Waals surface area contributed by atoms with Crippen LogP contribution in [0.25, 0.3) is 9.88 Å². The van der Waals surface area contributed by atoms with E-state index in [0.717, 1.165) is 16.6 Å². The van der Waals surface area contributed by atoms with Gasteiger partial charge in [-0.25, -0.2) is 0 Å². The summed E-state index contributed by atoms with van der Waals surface area (Å²) in [4.78, 5) is 1.19. The highest BCUT2D eigenvalue weighted by Crippen LogP contribution is 2.27. The zero-order valence-corrected chi connectivity index (χ0v) is 11.3. The second-order valence-corrected chi connectivity index (χ2v) is 6.59. The van der Waals surface area contributed by atoms with E-state index in [-0.39, 0.29) is 5.54 Å². The molecule has 0 amide bonds. The predicted molar refractivity (Wildman–Crippen MR) is 69.8 cm³/mol. The number of thiophene rings is 1. The third-order valence-corrected chi connectivity index (χ3v) is 3.93. The average Bonchev–Trinajstić information content (AvgIpc) is 2.84. The fraction of sp³-hybridized carbons (Fsp3) is 0.455. The van der Waals surface area contributed by atoms with Crippen LogP contribution >= 0.6 is 22.7 Å². The standard InChI is InChI=1S/C11H15N3S2/c1-11(2,3)12-7-9-13-14-10(16-9)8-5-4-6-15-8/h4-6,12H,7H2,1-3H3. The van der Waals surface area contributed by atoms with Crippen molar-refractivity contribution in [2.75, 3.05) is 0 Å². The zero-order valence-electron chi connectivity index (χ0n) is 9.65. The van der Waals surface area contributed by atoms with Gasteiger partial charge in [-0.05, 0) is 32.2 Å². The Labute approximate surface area is 104 Å². The molecule has 2 aromatic rings. The van der Waals surface area contributed by atoms with Gasteiger partial charge in [0.2, 0.25) is 0 Å². The van der Waals surface area contributed by atoms with E-state index in [1.54, 1.807) is 22.7 Å². The monoisotopic (exact) mass is 253 g/mol. The van der Waals surface area contributed by atoms with E-state index in [1.165, 1.54) is 4.88 Å². The predicted octanol–water partition coefficient (Wildman–Crippen LogP) is 3.15. The van der Waals surface area contributed by atoms with Crippen LogP contribution in [0.15, 0.2) is 17.5 Å². The smallest absolute Gasteiger partial charge is 0.157 e. The molecule has 0 saturated heterocycles. The third-order valence-electron chi connectivity index (χ3n) is 1.97. The largest absolute Gasteiger partial charge is 0.306 e. The molecule has 0 aliphatic carbocycles. The minimum absolute atomic E-state index is 0.120. The van der Waals surface area contributed by atoms with Crippen LogP contribution in [0.2, 0.25) is 0 Å². The summed E-state index contributed by atoms with van der Waals surface area (Å²) in [5.41, 5.74) is 0.120. The van der Waals surface area contributed by atoms with Crippen LogP contribution in [0.1, 0.15) is 25.8 Å². The highest BCUT2D eigenvalue weighted by atomic mass is 32.1. The van der Waals surface area contributed by atoms with E-state index < -0.39 is 0 Å². The zero-order chi connectivity index (χ0) is 11.6. The van der Waals surface area contributed by atoms with Gasteiger partial charge in [0, 0.05) is 5.54 Å². The molecule has 86 valence electrons. The molecular weight excluding hydrogens is 238 g/mol. The lowest BCUT2D eigenvalue weighted by Gasteiger charge is -2.19. The second-order valence-electron chi connectivity index (χ2n) is 4.58. The SMILES string of the molecule is CC(C)(C)NCc1nnc(-c2cccs2)s1. The molecule has 2 rings (SSSR count). The Balaban J connectivity index is 2.03. The van der Waals surface area contributed by atoms with Gasteiger partial charge in [-0.1, -0.05) is 17.4 Å². The van der Waals surface area contributed by atoms with Crippen molar-refractivity contribution < 1.29 is 0 Å². The van der Waals surface area contributed by atoms with Gasteiger partial charge in [0.15, 0.2) is 5.01 Å². The molecule has 3 nitrogen and oxygen atoms in total. The van der Waals surface area contributed by atoms with Crippen molar-refractivity contribution in [1.82, 2.24) is 15.5 Å². The van der Waals surface area contributed by atoms with E-state index in [2.05, 4.69) is 47.7 Å². The summed E-state index contributed by atoms with van der Waals surface area (Å²) in [5, 5.41) is 15.9. The molecule has 5 heteroatoms. The van der Waals surface area contributed by atoms with Crippen LogP contribution in [0, 0.1) is 0 Å². The van der Waals surface area contributed by atoms with Gasteiger partial charge in [0.1, 0.15) is 5.01 Å². The van der Waals surface area contributed by atoms with Crippen molar-refractivity contribution in [1.29, 1.82) is 0 Å². The lowest BCUT2D eigenvalue weighted by Crippen LogP contribution is -2.35. The lowest BCUT2D eigenvalue weighted by molar-refractivity contribution is 0.423. The van der Waals surface area contributed by atoms with E-state index >= 15 is 0 Å². The van der Waals surface area contributed by atoms with Crippen molar-refractivity contribution >= 4 is 22.7 Å². The summed E-state index contributed by atoms with van der Waals surface area (Å²) in [6.07, 6.45) is 0. The van der Waals surface area contributed by atoms with Crippen molar-refractivity contribution in [3.8, 4) is 9.88 Å². The number of aromatic nitrogens is 2. The summed E-state index contributed by atoms with van der Waals surface area (Å²) < 4.78 is 0. The summed E-state index contributed by atoms with van der Waals surface area (Å²) >= 11 is 3.36. The van der Waals surface area contributed by atoms with Crippen LogP contribution in [0.5, 0.6) is 0 Å². The Kier molecular flexibility index (Phi) is 3.37. The lowest BCUT2D eigenvalue weighted by atomic mass is 10.1. The number of hydrogen-bond donors (Lipinski definition) is 1. The molecule has 0 bridgehead atoms. The average molecular weight is 253 g/mol. The fourth-order valence-electron chi connectivity index (χ4n) is 1.17. The normalized spacial score (nSPS) is 11.9. The molecule has 0 radical (unpaired) electrons. The molecule has 0 aliphatic rings. The summed E-state index contributed by atoms with van der Waals surface area (Å²) in [7, 11) is 0.